The number of carbonyl (C=O) groups is 3. The van der Waals surface area contributed by atoms with Gasteiger partial charge < -0.3 is 10.1 Å². The SMILES string of the molecule is C[C@H](Sc1ccccc1)C(=O)OCC(=O)NC(=O)NC1CC1. The van der Waals surface area contributed by atoms with Crippen LogP contribution in [0.1, 0.15) is 19.8 Å². The van der Waals surface area contributed by atoms with Gasteiger partial charge >= 0.3 is 12.0 Å². The standard InChI is InChI=1S/C15H18N2O4S/c1-10(22-12-5-3-2-4-6-12)14(19)21-9-13(18)17-15(20)16-11-7-8-11/h2-6,10-11H,7-9H2,1H3,(H2,16,17,18,20)/t10-/m0/s1. The molecule has 0 unspecified atom stereocenters. The number of benzene rings is 1. The van der Waals surface area contributed by atoms with Crippen molar-refractivity contribution in [2.24, 2.45) is 0 Å². The van der Waals surface area contributed by atoms with Crippen LogP contribution in [0.15, 0.2) is 35.2 Å². The van der Waals surface area contributed by atoms with E-state index in [9.17, 15) is 14.4 Å². The molecule has 1 aliphatic carbocycles. The largest absolute Gasteiger partial charge is 0.455 e. The maximum absolute atomic E-state index is 11.8. The van der Waals surface area contributed by atoms with Crippen LogP contribution in [0.2, 0.25) is 0 Å². The van der Waals surface area contributed by atoms with Crippen molar-refractivity contribution in [3.05, 3.63) is 30.3 Å². The topological polar surface area (TPSA) is 84.5 Å². The van der Waals surface area contributed by atoms with Crippen molar-refractivity contribution in [3.63, 3.8) is 0 Å². The lowest BCUT2D eigenvalue weighted by Gasteiger charge is -2.11. The zero-order valence-corrected chi connectivity index (χ0v) is 13.0. The Balaban J connectivity index is 1.67. The number of esters is 1. The molecule has 0 saturated heterocycles. The van der Waals surface area contributed by atoms with E-state index in [-0.39, 0.29) is 6.04 Å². The lowest BCUT2D eigenvalue weighted by molar-refractivity contribution is -0.147. The van der Waals surface area contributed by atoms with Crippen LogP contribution in [0, 0.1) is 0 Å². The fourth-order valence-corrected chi connectivity index (χ4v) is 2.50. The molecule has 0 spiro atoms. The van der Waals surface area contributed by atoms with E-state index in [0.29, 0.717) is 0 Å². The molecule has 0 aliphatic heterocycles. The molecule has 7 heteroatoms. The van der Waals surface area contributed by atoms with Crippen LogP contribution >= 0.6 is 11.8 Å². The summed E-state index contributed by atoms with van der Waals surface area (Å²) in [6, 6.07) is 9.06. The maximum atomic E-state index is 11.8. The molecule has 1 aliphatic rings. The van der Waals surface area contributed by atoms with Crippen molar-refractivity contribution in [2.75, 3.05) is 6.61 Å². The van der Waals surface area contributed by atoms with Gasteiger partial charge in [0.05, 0.1) is 0 Å². The van der Waals surface area contributed by atoms with Gasteiger partial charge in [0.1, 0.15) is 5.25 Å². The minimum absolute atomic E-state index is 0.164. The van der Waals surface area contributed by atoms with Gasteiger partial charge in [-0.2, -0.15) is 0 Å². The summed E-state index contributed by atoms with van der Waals surface area (Å²) in [5.74, 6) is -1.13. The number of ether oxygens (including phenoxy) is 1. The first-order chi connectivity index (χ1) is 10.5. The Morgan fingerprint density at radius 3 is 2.59 bits per heavy atom. The molecular formula is C15H18N2O4S. The van der Waals surface area contributed by atoms with E-state index in [1.807, 2.05) is 30.3 Å². The fraction of sp³-hybridized carbons (Fsp3) is 0.400. The molecule has 1 saturated carbocycles. The van der Waals surface area contributed by atoms with Crippen molar-refractivity contribution in [2.45, 2.75) is 36.0 Å². The third-order valence-corrected chi connectivity index (χ3v) is 3.99. The highest BCUT2D eigenvalue weighted by Crippen LogP contribution is 2.23. The molecule has 6 nitrogen and oxygen atoms in total. The summed E-state index contributed by atoms with van der Waals surface area (Å²) in [5.41, 5.74) is 0. The normalized spacial score (nSPS) is 14.8. The lowest BCUT2D eigenvalue weighted by Crippen LogP contribution is -2.42. The number of urea groups is 1. The summed E-state index contributed by atoms with van der Waals surface area (Å²) in [6.45, 7) is 1.24. The van der Waals surface area contributed by atoms with Gasteiger partial charge in [-0.25, -0.2) is 4.79 Å². The van der Waals surface area contributed by atoms with Crippen molar-refractivity contribution in [1.82, 2.24) is 10.6 Å². The van der Waals surface area contributed by atoms with Gasteiger partial charge in [0.2, 0.25) is 0 Å². The zero-order chi connectivity index (χ0) is 15.9. The average Bonchev–Trinajstić information content (AvgIpc) is 3.29. The Kier molecular flexibility index (Phi) is 5.83. The molecule has 0 aromatic heterocycles. The first-order valence-corrected chi connectivity index (χ1v) is 7.91. The monoisotopic (exact) mass is 322 g/mol. The van der Waals surface area contributed by atoms with Gasteiger partial charge in [0, 0.05) is 10.9 Å². The summed E-state index contributed by atoms with van der Waals surface area (Å²) >= 11 is 1.35. The van der Waals surface area contributed by atoms with Gasteiger partial charge in [-0.3, -0.25) is 14.9 Å². The molecule has 2 rings (SSSR count). The summed E-state index contributed by atoms with van der Waals surface area (Å²) in [4.78, 5) is 35.6. The van der Waals surface area contributed by atoms with Gasteiger partial charge in [-0.05, 0) is 31.9 Å². The van der Waals surface area contributed by atoms with Crippen LogP contribution in [-0.4, -0.2) is 35.8 Å². The second kappa shape index (κ2) is 7.84. The minimum atomic E-state index is -0.636. The molecule has 1 atom stereocenters. The molecule has 0 heterocycles. The number of thioether (sulfide) groups is 1. The highest BCUT2D eigenvalue weighted by molar-refractivity contribution is 8.00. The molecular weight excluding hydrogens is 304 g/mol. The van der Waals surface area contributed by atoms with Gasteiger partial charge in [0.15, 0.2) is 6.61 Å². The molecule has 1 aromatic rings. The third-order valence-electron chi connectivity index (χ3n) is 2.90. The second-order valence-corrected chi connectivity index (χ2v) is 6.39. The maximum Gasteiger partial charge on any atom is 0.321 e. The highest BCUT2D eigenvalue weighted by atomic mass is 32.2. The highest BCUT2D eigenvalue weighted by Gasteiger charge is 2.24. The number of hydrogen-bond acceptors (Lipinski definition) is 5. The quantitative estimate of drug-likeness (QED) is 0.615. The Morgan fingerprint density at radius 1 is 1.27 bits per heavy atom. The number of imide groups is 1. The van der Waals surface area contributed by atoms with Gasteiger partial charge in [-0.15, -0.1) is 11.8 Å². The summed E-state index contributed by atoms with van der Waals surface area (Å²) < 4.78 is 4.91. The number of amides is 3. The Labute approximate surface area is 133 Å². The number of carbonyl (C=O) groups excluding carboxylic acids is 3. The number of hydrogen-bond donors (Lipinski definition) is 2. The van der Waals surface area contributed by atoms with Gasteiger partial charge in [0.25, 0.3) is 5.91 Å². The van der Waals surface area contributed by atoms with Crippen molar-refractivity contribution in [3.8, 4) is 0 Å². The average molecular weight is 322 g/mol. The summed E-state index contributed by atoms with van der Waals surface area (Å²) in [6.07, 6.45) is 1.87. The molecule has 1 aromatic carbocycles. The van der Waals surface area contributed by atoms with Crippen LogP contribution in [0.3, 0.4) is 0 Å². The molecule has 22 heavy (non-hydrogen) atoms. The molecule has 0 bridgehead atoms. The molecule has 0 radical (unpaired) electrons. The third kappa shape index (κ3) is 5.77. The predicted molar refractivity (Wildman–Crippen MR) is 82.4 cm³/mol. The predicted octanol–water partition coefficient (Wildman–Crippen LogP) is 1.70. The van der Waals surface area contributed by atoms with E-state index in [2.05, 4.69) is 10.6 Å². The van der Waals surface area contributed by atoms with Crippen LogP contribution < -0.4 is 10.6 Å². The number of rotatable bonds is 6. The van der Waals surface area contributed by atoms with E-state index < -0.39 is 29.8 Å². The van der Waals surface area contributed by atoms with E-state index in [0.717, 1.165) is 17.7 Å². The molecule has 1 fully saturated rings. The Morgan fingerprint density at radius 2 is 1.95 bits per heavy atom. The van der Waals surface area contributed by atoms with E-state index >= 15 is 0 Å². The fourth-order valence-electron chi connectivity index (χ4n) is 1.62. The van der Waals surface area contributed by atoms with Crippen LogP contribution in [0.5, 0.6) is 0 Å². The second-order valence-electron chi connectivity index (χ2n) is 4.98. The van der Waals surface area contributed by atoms with Crippen LogP contribution in [0.25, 0.3) is 0 Å². The van der Waals surface area contributed by atoms with Crippen LogP contribution in [-0.2, 0) is 14.3 Å². The van der Waals surface area contributed by atoms with Crippen molar-refractivity contribution in [1.29, 1.82) is 0 Å². The zero-order valence-electron chi connectivity index (χ0n) is 12.2. The first kappa shape index (κ1) is 16.4. The smallest absolute Gasteiger partial charge is 0.321 e. The minimum Gasteiger partial charge on any atom is -0.455 e. The van der Waals surface area contributed by atoms with Crippen molar-refractivity contribution < 1.29 is 19.1 Å². The first-order valence-electron chi connectivity index (χ1n) is 7.03. The summed E-state index contributed by atoms with van der Waals surface area (Å²) in [7, 11) is 0. The van der Waals surface area contributed by atoms with E-state index in [1.54, 1.807) is 6.92 Å². The van der Waals surface area contributed by atoms with E-state index in [1.165, 1.54) is 11.8 Å². The lowest BCUT2D eigenvalue weighted by atomic mass is 10.4. The van der Waals surface area contributed by atoms with E-state index in [4.69, 9.17) is 4.74 Å². The van der Waals surface area contributed by atoms with Gasteiger partial charge in [-0.1, -0.05) is 18.2 Å². The molecule has 118 valence electrons. The molecule has 3 amide bonds. The number of nitrogens with one attached hydrogen (secondary N) is 2. The Bertz CT molecular complexity index is 546. The van der Waals surface area contributed by atoms with Crippen LogP contribution in [0.4, 0.5) is 4.79 Å². The van der Waals surface area contributed by atoms with Crippen molar-refractivity contribution >= 4 is 29.7 Å². The summed E-state index contributed by atoms with van der Waals surface area (Å²) in [5, 5.41) is 4.30. The Hall–Kier alpha value is -2.02. The molecule has 2 N–H and O–H groups in total.